The average Bonchev–Trinajstić information content (AvgIpc) is 3.61. The molecule has 4 amide bonds. The number of nitrogens with zero attached hydrogens (tertiary/aromatic N) is 3. The minimum absolute atomic E-state index is 0.204. The van der Waals surface area contributed by atoms with Crippen molar-refractivity contribution in [2.24, 2.45) is 16.6 Å². The Bertz CT molecular complexity index is 1900. The number of aliphatic hydroxyl groups is 1. The Morgan fingerprint density at radius 2 is 1.55 bits per heavy atom. The summed E-state index contributed by atoms with van der Waals surface area (Å²) < 4.78 is 111. The van der Waals surface area contributed by atoms with Gasteiger partial charge in [-0.15, -0.1) is 0 Å². The Kier molecular flexibility index (Phi) is 15.9. The summed E-state index contributed by atoms with van der Waals surface area (Å²) in [6.07, 6.45) is -10.6. The molecule has 320 valence electrons. The van der Waals surface area contributed by atoms with Gasteiger partial charge in [-0.05, 0) is 78.8 Å². The molecule has 1 aromatic heterocycles. The first-order valence-electron chi connectivity index (χ1n) is 17.2. The number of halogens is 8. The largest absolute Gasteiger partial charge is 0.453 e. The predicted molar refractivity (Wildman–Crippen MR) is 201 cm³/mol. The third kappa shape index (κ3) is 12.6. The molecule has 0 radical (unpaired) electrons. The summed E-state index contributed by atoms with van der Waals surface area (Å²) in [5.74, 6) is -4.97. The normalized spacial score (nSPS) is 14.4. The minimum Gasteiger partial charge on any atom is -0.453 e. The SMILES string of the molecule is COC(=O)N[C@H](C(=O)N[C@@H](Cc1ccc(I)cc1)[C@@H](O)CN(Cc1c(F)cc(-c2ccn(C(F)F)n2)cc1F)NC(=O)[C@@H](OC(N)=O)C(C)(C)C)C(C)(C)C(F)(F)F. The van der Waals surface area contributed by atoms with Crippen LogP contribution >= 0.6 is 22.6 Å². The number of methoxy groups -OCH3 is 1. The smallest absolute Gasteiger partial charge is 0.407 e. The number of alkyl halides is 5. The summed E-state index contributed by atoms with van der Waals surface area (Å²) in [4.78, 5) is 51.2. The van der Waals surface area contributed by atoms with Gasteiger partial charge in [0.1, 0.15) is 17.7 Å². The van der Waals surface area contributed by atoms with Crippen LogP contribution in [0.2, 0.25) is 0 Å². The van der Waals surface area contributed by atoms with Crippen molar-refractivity contribution in [2.75, 3.05) is 13.7 Å². The lowest BCUT2D eigenvalue weighted by Crippen LogP contribution is -2.62. The van der Waals surface area contributed by atoms with Crippen molar-refractivity contribution < 1.29 is 64.5 Å². The maximum absolute atomic E-state index is 15.7. The zero-order valence-corrected chi connectivity index (χ0v) is 34.1. The number of hydrazine groups is 1. The van der Waals surface area contributed by atoms with Crippen LogP contribution in [0, 0.1) is 26.0 Å². The van der Waals surface area contributed by atoms with Crippen molar-refractivity contribution in [1.29, 1.82) is 0 Å². The van der Waals surface area contributed by atoms with E-state index in [-0.39, 0.29) is 22.4 Å². The fourth-order valence-corrected chi connectivity index (χ4v) is 5.85. The van der Waals surface area contributed by atoms with Crippen molar-refractivity contribution >= 4 is 46.6 Å². The molecule has 14 nitrogen and oxygen atoms in total. The number of rotatable bonds is 16. The molecule has 0 aliphatic heterocycles. The highest BCUT2D eigenvalue weighted by Crippen LogP contribution is 2.40. The van der Waals surface area contributed by atoms with Crippen LogP contribution in [0.4, 0.5) is 40.3 Å². The van der Waals surface area contributed by atoms with Crippen LogP contribution < -0.4 is 21.8 Å². The maximum Gasteiger partial charge on any atom is 0.407 e. The van der Waals surface area contributed by atoms with E-state index >= 15 is 8.78 Å². The summed E-state index contributed by atoms with van der Waals surface area (Å²) in [5.41, 5.74) is 2.80. The molecule has 3 aromatic rings. The van der Waals surface area contributed by atoms with Gasteiger partial charge >= 0.3 is 24.9 Å². The van der Waals surface area contributed by atoms with E-state index < -0.39 is 102 Å². The van der Waals surface area contributed by atoms with Crippen LogP contribution in [-0.4, -0.2) is 88.0 Å². The van der Waals surface area contributed by atoms with Crippen LogP contribution in [0.15, 0.2) is 48.7 Å². The molecule has 2 aromatic carbocycles. The maximum atomic E-state index is 15.7. The molecule has 0 saturated heterocycles. The van der Waals surface area contributed by atoms with Gasteiger partial charge in [-0.25, -0.2) is 28.1 Å². The van der Waals surface area contributed by atoms with Gasteiger partial charge in [0.05, 0.1) is 30.4 Å². The molecule has 6 N–H and O–H groups in total. The molecule has 0 fully saturated rings. The Morgan fingerprint density at radius 1 is 0.966 bits per heavy atom. The summed E-state index contributed by atoms with van der Waals surface area (Å²) >= 11 is 2.01. The molecular formula is C36H43F7IN7O7. The molecule has 0 spiro atoms. The Hall–Kier alpha value is -4.71. The monoisotopic (exact) mass is 945 g/mol. The van der Waals surface area contributed by atoms with E-state index in [9.17, 15) is 46.2 Å². The van der Waals surface area contributed by atoms with Crippen LogP contribution in [0.3, 0.4) is 0 Å². The first kappa shape index (κ1) is 47.7. The second-order valence-corrected chi connectivity index (χ2v) is 16.0. The zero-order valence-electron chi connectivity index (χ0n) is 32.0. The molecule has 0 unspecified atom stereocenters. The summed E-state index contributed by atoms with van der Waals surface area (Å²) in [6.45, 7) is 1.11. The van der Waals surface area contributed by atoms with Crippen molar-refractivity contribution in [3.63, 3.8) is 0 Å². The van der Waals surface area contributed by atoms with Crippen LogP contribution in [0.1, 0.15) is 52.3 Å². The summed E-state index contributed by atoms with van der Waals surface area (Å²) in [5, 5.41) is 20.4. The lowest BCUT2D eigenvalue weighted by molar-refractivity contribution is -0.220. The molecule has 0 saturated carbocycles. The molecule has 0 bridgehead atoms. The van der Waals surface area contributed by atoms with E-state index in [4.69, 9.17) is 10.5 Å². The number of nitrogens with one attached hydrogen (secondary N) is 3. The number of hydrogen-bond acceptors (Lipinski definition) is 9. The number of nitrogens with two attached hydrogens (primary N) is 1. The number of aliphatic hydroxyl groups excluding tert-OH is 1. The topological polar surface area (TPSA) is 190 Å². The van der Waals surface area contributed by atoms with Gasteiger partial charge in [-0.2, -0.15) is 27.1 Å². The van der Waals surface area contributed by atoms with Crippen molar-refractivity contribution in [3.05, 3.63) is 75.0 Å². The van der Waals surface area contributed by atoms with Gasteiger partial charge in [0, 0.05) is 39.4 Å². The van der Waals surface area contributed by atoms with Gasteiger partial charge in [-0.1, -0.05) is 32.9 Å². The third-order valence-electron chi connectivity index (χ3n) is 8.85. The molecule has 1 heterocycles. The fourth-order valence-electron chi connectivity index (χ4n) is 5.49. The lowest BCUT2D eigenvalue weighted by atomic mass is 9.82. The molecular weight excluding hydrogens is 902 g/mol. The summed E-state index contributed by atoms with van der Waals surface area (Å²) in [7, 11) is 0.871. The first-order valence-corrected chi connectivity index (χ1v) is 18.3. The number of primary amides is 1. The Morgan fingerprint density at radius 3 is 2.03 bits per heavy atom. The number of carbonyl (C=O) groups is 4. The van der Waals surface area contributed by atoms with Gasteiger partial charge in [0.2, 0.25) is 5.91 Å². The molecule has 58 heavy (non-hydrogen) atoms. The molecule has 0 aliphatic carbocycles. The molecule has 0 aliphatic rings. The van der Waals surface area contributed by atoms with E-state index in [0.717, 1.165) is 40.1 Å². The summed E-state index contributed by atoms with van der Waals surface area (Å²) in [6, 6.07) is 5.38. The minimum atomic E-state index is -5.05. The second kappa shape index (κ2) is 19.4. The van der Waals surface area contributed by atoms with Gasteiger partial charge in [0.25, 0.3) is 5.91 Å². The number of benzene rings is 2. The van der Waals surface area contributed by atoms with Crippen molar-refractivity contribution in [1.82, 2.24) is 30.8 Å². The number of carbonyl (C=O) groups excluding carboxylic acids is 4. The first-order chi connectivity index (χ1) is 26.7. The lowest BCUT2D eigenvalue weighted by Gasteiger charge is -2.37. The molecule has 22 heteroatoms. The Balaban J connectivity index is 2.09. The number of alkyl carbamates (subject to hydrolysis) is 1. The van der Waals surface area contributed by atoms with Crippen molar-refractivity contribution in [2.45, 2.75) is 84.6 Å². The van der Waals surface area contributed by atoms with Crippen LogP contribution in [-0.2, 0) is 32.0 Å². The van der Waals surface area contributed by atoms with E-state index in [1.54, 1.807) is 24.3 Å². The second-order valence-electron chi connectivity index (χ2n) is 14.7. The quantitative estimate of drug-likeness (QED) is 0.0695. The van der Waals surface area contributed by atoms with E-state index in [2.05, 4.69) is 20.6 Å². The molecule has 3 rings (SSSR count). The third-order valence-corrected chi connectivity index (χ3v) is 9.57. The van der Waals surface area contributed by atoms with Crippen molar-refractivity contribution in [3.8, 4) is 11.3 Å². The zero-order chi connectivity index (χ0) is 43.9. The highest BCUT2D eigenvalue weighted by atomic mass is 127. The van der Waals surface area contributed by atoms with E-state index in [1.807, 2.05) is 27.9 Å². The van der Waals surface area contributed by atoms with Gasteiger partial charge < -0.3 is 30.9 Å². The van der Waals surface area contributed by atoms with Crippen LogP contribution in [0.5, 0.6) is 0 Å². The highest BCUT2D eigenvalue weighted by Gasteiger charge is 2.56. The van der Waals surface area contributed by atoms with Crippen LogP contribution in [0.25, 0.3) is 11.3 Å². The fraction of sp³-hybridized carbons (Fsp3) is 0.472. The Labute approximate surface area is 342 Å². The standard InChI is InChI=1S/C36H43F7IN7O7/c1-34(2,3)28(58-32(45)55)30(54)49-50(16-21-22(37)14-19(15-23(21)38)24-11-12-51(48-24)31(39)40)17-26(52)25(13-18-7-9-20(44)10-8-18)46-29(53)27(47-33(56)57-6)35(4,5)36(41,42)43/h7-12,14-15,25-28,31,52H,13,16-17H2,1-6H3,(H2,45,55)(H,46,53)(H,47,56)(H,49,54)/t25-,26-,27+,28+/m0/s1. The number of aromatic nitrogens is 2. The predicted octanol–water partition coefficient (Wildman–Crippen LogP) is 5.57. The van der Waals surface area contributed by atoms with Gasteiger partial charge in [0.15, 0.2) is 6.10 Å². The van der Waals surface area contributed by atoms with E-state index in [0.29, 0.717) is 19.4 Å². The number of ether oxygens (including phenoxy) is 2. The number of amides is 4. The van der Waals surface area contributed by atoms with E-state index in [1.165, 1.54) is 20.8 Å². The van der Waals surface area contributed by atoms with Gasteiger partial charge in [-0.3, -0.25) is 15.0 Å². The average molecular weight is 946 g/mol. The highest BCUT2D eigenvalue weighted by molar-refractivity contribution is 14.1. The molecule has 4 atom stereocenters. The number of hydrogen-bond donors (Lipinski definition) is 5.